The summed E-state index contributed by atoms with van der Waals surface area (Å²) in [5.74, 6) is 6.45. The van der Waals surface area contributed by atoms with Gasteiger partial charge in [0.2, 0.25) is 6.71 Å². The molecule has 0 unspecified atom stereocenters. The van der Waals surface area contributed by atoms with Crippen LogP contribution in [-0.2, 0) is 0 Å². The van der Waals surface area contributed by atoms with Gasteiger partial charge >= 0.3 is 236 Å². The van der Waals surface area contributed by atoms with Gasteiger partial charge in [-0.05, 0) is 31.0 Å². The van der Waals surface area contributed by atoms with E-state index in [1.807, 2.05) is 70.1 Å². The van der Waals surface area contributed by atoms with Crippen molar-refractivity contribution >= 4 is 101 Å². The Kier molecular flexibility index (Phi) is 12.3. The summed E-state index contributed by atoms with van der Waals surface area (Å²) in [7, 11) is 5.89. The van der Waals surface area contributed by atoms with Gasteiger partial charge in [-0.25, -0.2) is 15.0 Å². The molecule has 0 fully saturated rings. The molecule has 0 atom stereocenters. The second-order valence-electron chi connectivity index (χ2n) is 14.4. The molecule has 0 saturated heterocycles. The average molecular weight is 786 g/mol. The van der Waals surface area contributed by atoms with Gasteiger partial charge in [-0.1, -0.05) is 37.2 Å². The number of nitrogens with zero attached hydrogens (tertiary/aromatic N) is 6. The summed E-state index contributed by atoms with van der Waals surface area (Å²) < 4.78 is 8.84. The van der Waals surface area contributed by atoms with Crippen LogP contribution in [0.1, 0.15) is 80.7 Å². The van der Waals surface area contributed by atoms with E-state index in [0.29, 0.717) is 28.6 Å². The molecule has 1 aliphatic rings. The number of rotatable bonds is 12. The first kappa shape index (κ1) is 41.0. The summed E-state index contributed by atoms with van der Waals surface area (Å²) in [5.41, 5.74) is 13.6. The van der Waals surface area contributed by atoms with E-state index in [0.717, 1.165) is 76.8 Å². The van der Waals surface area contributed by atoms with Crippen LogP contribution in [0.3, 0.4) is 0 Å². The maximum absolute atomic E-state index is 5.89. The first-order chi connectivity index (χ1) is 28.6. The Morgan fingerprint density at radius 2 is 1.73 bits per heavy atom. The molecule has 1 aliphatic heterocycles. The molecule has 11 heteroatoms. The Labute approximate surface area is 353 Å². The van der Waals surface area contributed by atoms with Crippen molar-refractivity contribution in [2.75, 3.05) is 0 Å². The minimum atomic E-state index is 0.144. The maximum atomic E-state index is 5.89. The first-order valence-electron chi connectivity index (χ1n) is 19.8. The summed E-state index contributed by atoms with van der Waals surface area (Å²) in [6.07, 6.45) is 22.9. The van der Waals surface area contributed by atoms with Crippen molar-refractivity contribution in [2.45, 2.75) is 55.2 Å². The number of oxazole rings is 1. The SMILES string of the molecule is [B]c1nc2cc(-n3c(C=C)c(/C=C\C)c(/C=C(C)/C(C)=C/C(=C\C)c4nc5ccc(-c6nc(C7=CC=CB7C)nc(/C(C)=C/C=C\C)n6)cc5s4)c3C=BC)ccc2o1. The average Bonchev–Trinajstić information content (AvgIpc) is 4.02. The summed E-state index contributed by atoms with van der Waals surface area (Å²) in [5, 5.41) is 0.943. The van der Waals surface area contributed by atoms with Gasteiger partial charge in [-0.2, -0.15) is 0 Å². The van der Waals surface area contributed by atoms with Crippen LogP contribution < -0.4 is 5.79 Å². The van der Waals surface area contributed by atoms with Crippen molar-refractivity contribution in [3.63, 3.8) is 0 Å². The molecule has 2 aromatic carbocycles. The van der Waals surface area contributed by atoms with E-state index in [1.54, 1.807) is 11.3 Å². The quantitative estimate of drug-likeness (QED) is 0.0908. The molecule has 4 aromatic heterocycles. The van der Waals surface area contributed by atoms with Crippen LogP contribution in [0.5, 0.6) is 0 Å². The predicted molar refractivity (Wildman–Crippen MR) is 257 cm³/mol. The van der Waals surface area contributed by atoms with Crippen molar-refractivity contribution in [1.29, 1.82) is 0 Å². The molecule has 0 amide bonds. The third kappa shape index (κ3) is 8.39. The number of allylic oxidation sites excluding steroid dienone is 12. The van der Waals surface area contributed by atoms with E-state index in [9.17, 15) is 0 Å². The van der Waals surface area contributed by atoms with Crippen molar-refractivity contribution in [1.82, 2.24) is 29.5 Å². The second-order valence-corrected chi connectivity index (χ2v) is 15.4. The van der Waals surface area contributed by atoms with E-state index in [1.165, 1.54) is 0 Å². The summed E-state index contributed by atoms with van der Waals surface area (Å²) in [4.78, 5) is 24.3. The summed E-state index contributed by atoms with van der Waals surface area (Å²) >= 11 is 1.67. The number of benzene rings is 2. The topological polar surface area (TPSA) is 82.5 Å². The zero-order chi connectivity index (χ0) is 41.8. The van der Waals surface area contributed by atoms with Crippen LogP contribution in [-0.4, -0.2) is 56.9 Å². The van der Waals surface area contributed by atoms with Gasteiger partial charge in [0.25, 0.3) is 0 Å². The molecule has 0 saturated carbocycles. The van der Waals surface area contributed by atoms with Crippen molar-refractivity contribution in [3.05, 3.63) is 148 Å². The Morgan fingerprint density at radius 1 is 0.915 bits per heavy atom. The van der Waals surface area contributed by atoms with Crippen LogP contribution in [0.4, 0.5) is 0 Å². The van der Waals surface area contributed by atoms with Gasteiger partial charge in [0, 0.05) is 5.56 Å². The normalized spacial score (nSPS) is 14.3. The number of hydrogen-bond acceptors (Lipinski definition) is 7. The Balaban J connectivity index is 1.25. The standard InChI is InChI=1S/C48H45B3N6OS/c1-10-14-17-29(5)44-54-45(56-46(55-44)37-18-15-23-51(37)9)33-19-21-38-43(26-33)59-47(52-38)32(12-3)24-30(6)31(7)25-36-35(16-11-2)40(13-4)57(41(36)28-50-8)34-20-22-42-39(27-34)53-48(49)58-42/h10-28H,4H2,1-3,5-9H3/b14-10-,16-11-,29-17+,30-24+,31-25+,32-12+. The summed E-state index contributed by atoms with van der Waals surface area (Å²) in [6.45, 7) is 23.1. The van der Waals surface area contributed by atoms with Crippen molar-refractivity contribution in [2.24, 2.45) is 0 Å². The van der Waals surface area contributed by atoms with Gasteiger partial charge in [-0.15, -0.1) is 5.98 Å². The van der Waals surface area contributed by atoms with Crippen molar-refractivity contribution < 1.29 is 4.42 Å². The zero-order valence-electron chi connectivity index (χ0n) is 34.9. The first-order valence-corrected chi connectivity index (χ1v) is 20.6. The second kappa shape index (κ2) is 17.8. The molecule has 288 valence electrons. The van der Waals surface area contributed by atoms with Gasteiger partial charge in [0.1, 0.15) is 0 Å². The molecule has 2 radical (unpaired) electrons. The molecule has 6 aromatic rings. The van der Waals surface area contributed by atoms with Gasteiger partial charge in [-0.3, -0.25) is 0 Å². The molecular weight excluding hydrogens is 741 g/mol. The van der Waals surface area contributed by atoms with Crippen LogP contribution in [0.2, 0.25) is 13.6 Å². The molecule has 5 heterocycles. The number of aromatic nitrogens is 6. The van der Waals surface area contributed by atoms with Gasteiger partial charge in [0.05, 0.1) is 0 Å². The summed E-state index contributed by atoms with van der Waals surface area (Å²) in [6, 6.07) is 12.2. The van der Waals surface area contributed by atoms with E-state index in [4.69, 9.17) is 32.2 Å². The molecule has 7 nitrogen and oxygen atoms in total. The molecule has 59 heavy (non-hydrogen) atoms. The Morgan fingerprint density at radius 3 is 2.44 bits per heavy atom. The predicted octanol–water partition coefficient (Wildman–Crippen LogP) is 11.0. The minimum absolute atomic E-state index is 0.144. The Hall–Kier alpha value is -6.19. The van der Waals surface area contributed by atoms with Gasteiger partial charge in [0.15, 0.2) is 17.5 Å². The van der Waals surface area contributed by atoms with Gasteiger partial charge < -0.3 is 0 Å². The van der Waals surface area contributed by atoms with Crippen LogP contribution in [0.15, 0.2) is 113 Å². The molecule has 0 N–H and O–H groups in total. The number of thiazole rings is 1. The van der Waals surface area contributed by atoms with Crippen molar-refractivity contribution in [3.8, 4) is 17.1 Å². The Bertz CT molecular complexity index is 2910. The molecule has 0 spiro atoms. The fraction of sp³-hybridized carbons (Fsp3) is 0.167. The fourth-order valence-electron chi connectivity index (χ4n) is 7.13. The molecule has 7 rings (SSSR count). The number of hydrogen-bond donors (Lipinski definition) is 0. The zero-order valence-corrected chi connectivity index (χ0v) is 35.7. The molecule has 0 aliphatic carbocycles. The van der Waals surface area contributed by atoms with Crippen LogP contribution >= 0.6 is 11.3 Å². The molecule has 0 bridgehead atoms. The third-order valence-corrected chi connectivity index (χ3v) is 11.4. The van der Waals surface area contributed by atoms with E-state index >= 15 is 0 Å². The van der Waals surface area contributed by atoms with Crippen LogP contribution in [0, 0.1) is 0 Å². The molecular formula is C48H45B3N6OS. The van der Waals surface area contributed by atoms with E-state index < -0.39 is 0 Å². The fourth-order valence-corrected chi connectivity index (χ4v) is 8.18. The van der Waals surface area contributed by atoms with E-state index in [2.05, 4.69) is 123 Å². The monoisotopic (exact) mass is 786 g/mol. The number of fused-ring (bicyclic) bond motifs is 2. The van der Waals surface area contributed by atoms with E-state index in [-0.39, 0.29) is 12.5 Å². The van der Waals surface area contributed by atoms with Crippen LogP contribution in [0.25, 0.3) is 73.2 Å². The third-order valence-electron chi connectivity index (χ3n) is 10.3.